The number of nitrogens with two attached hydrogens (primary N) is 1. The minimum absolute atomic E-state index is 0.195. The van der Waals surface area contributed by atoms with Crippen LogP contribution < -0.4 is 10.6 Å². The van der Waals surface area contributed by atoms with Crippen LogP contribution in [0.2, 0.25) is 0 Å². The molecule has 0 aromatic heterocycles. The zero-order chi connectivity index (χ0) is 15.2. The maximum absolute atomic E-state index is 12.9. The molecule has 1 fully saturated rings. The molecule has 0 amide bonds. The Kier molecular flexibility index (Phi) is 5.42. The van der Waals surface area contributed by atoms with Gasteiger partial charge < -0.3 is 15.5 Å². The predicted molar refractivity (Wildman–Crippen MR) is 86.1 cm³/mol. The summed E-state index contributed by atoms with van der Waals surface area (Å²) < 4.78 is 12.9. The van der Waals surface area contributed by atoms with Crippen molar-refractivity contribution >= 4 is 11.6 Å². The second-order valence-electron chi connectivity index (χ2n) is 5.87. The second kappa shape index (κ2) is 7.29. The van der Waals surface area contributed by atoms with E-state index in [4.69, 9.17) is 5.73 Å². The average molecular weight is 292 g/mol. The number of anilines is 1. The van der Waals surface area contributed by atoms with Crippen LogP contribution in [-0.2, 0) is 0 Å². The third kappa shape index (κ3) is 4.62. The Bertz CT molecular complexity index is 462. The smallest absolute Gasteiger partial charge is 0.191 e. The summed E-state index contributed by atoms with van der Waals surface area (Å²) in [7, 11) is 0. The zero-order valence-electron chi connectivity index (χ0n) is 12.9. The van der Waals surface area contributed by atoms with Crippen LogP contribution >= 0.6 is 0 Å². The van der Waals surface area contributed by atoms with Crippen molar-refractivity contribution in [1.82, 2.24) is 4.90 Å². The van der Waals surface area contributed by atoms with E-state index in [2.05, 4.69) is 28.6 Å². The molecular weight excluding hydrogens is 267 g/mol. The van der Waals surface area contributed by atoms with Gasteiger partial charge in [0.2, 0.25) is 0 Å². The summed E-state index contributed by atoms with van der Waals surface area (Å²) in [6.07, 6.45) is 1.07. The molecule has 1 aromatic carbocycles. The Hall–Kier alpha value is -1.78. The van der Waals surface area contributed by atoms with Crippen molar-refractivity contribution in [2.75, 3.05) is 37.6 Å². The van der Waals surface area contributed by atoms with Gasteiger partial charge in [-0.05, 0) is 36.6 Å². The number of piperazine rings is 1. The van der Waals surface area contributed by atoms with Crippen LogP contribution in [0.25, 0.3) is 0 Å². The molecule has 0 aliphatic carbocycles. The number of nitrogens with zero attached hydrogens (tertiary/aromatic N) is 3. The van der Waals surface area contributed by atoms with E-state index in [-0.39, 0.29) is 5.82 Å². The van der Waals surface area contributed by atoms with E-state index in [1.165, 1.54) is 12.1 Å². The second-order valence-corrected chi connectivity index (χ2v) is 5.87. The van der Waals surface area contributed by atoms with E-state index in [9.17, 15) is 4.39 Å². The van der Waals surface area contributed by atoms with Crippen LogP contribution in [0.1, 0.15) is 20.3 Å². The summed E-state index contributed by atoms with van der Waals surface area (Å²) in [6.45, 7) is 8.64. The maximum Gasteiger partial charge on any atom is 0.191 e. The van der Waals surface area contributed by atoms with Crippen molar-refractivity contribution in [1.29, 1.82) is 0 Å². The molecule has 0 spiro atoms. The van der Waals surface area contributed by atoms with Gasteiger partial charge in [-0.25, -0.2) is 4.39 Å². The molecule has 0 radical (unpaired) electrons. The Balaban J connectivity index is 1.83. The third-order valence-electron chi connectivity index (χ3n) is 3.78. The summed E-state index contributed by atoms with van der Waals surface area (Å²) >= 11 is 0. The first-order valence-corrected chi connectivity index (χ1v) is 7.61. The Morgan fingerprint density at radius 3 is 2.38 bits per heavy atom. The standard InChI is InChI=1S/C16H25FN4/c1-13(2)7-8-19-16(18)21-11-9-20(10-12-21)15-5-3-14(17)4-6-15/h3-6,13H,7-12H2,1-2H3,(H2,18,19). The summed E-state index contributed by atoms with van der Waals surface area (Å²) in [6, 6.07) is 6.66. The molecule has 2 rings (SSSR count). The highest BCUT2D eigenvalue weighted by Crippen LogP contribution is 2.16. The molecule has 1 aliphatic heterocycles. The Morgan fingerprint density at radius 1 is 1.19 bits per heavy atom. The minimum Gasteiger partial charge on any atom is -0.370 e. The highest BCUT2D eigenvalue weighted by atomic mass is 19.1. The average Bonchev–Trinajstić information content (AvgIpc) is 2.48. The first-order valence-electron chi connectivity index (χ1n) is 7.61. The van der Waals surface area contributed by atoms with Crippen molar-refractivity contribution in [3.8, 4) is 0 Å². The van der Waals surface area contributed by atoms with Crippen LogP contribution in [0, 0.1) is 11.7 Å². The lowest BCUT2D eigenvalue weighted by molar-refractivity contribution is 0.380. The van der Waals surface area contributed by atoms with Crippen LogP contribution in [0.5, 0.6) is 0 Å². The number of halogens is 1. The van der Waals surface area contributed by atoms with Gasteiger partial charge in [-0.2, -0.15) is 0 Å². The maximum atomic E-state index is 12.9. The fraction of sp³-hybridized carbons (Fsp3) is 0.562. The fourth-order valence-electron chi connectivity index (χ4n) is 2.38. The minimum atomic E-state index is -0.195. The van der Waals surface area contributed by atoms with Gasteiger partial charge in [-0.3, -0.25) is 4.99 Å². The summed E-state index contributed by atoms with van der Waals surface area (Å²) in [5.41, 5.74) is 7.11. The molecule has 2 N–H and O–H groups in total. The zero-order valence-corrected chi connectivity index (χ0v) is 12.9. The molecular formula is C16H25FN4. The monoisotopic (exact) mass is 292 g/mol. The normalized spacial score (nSPS) is 16.7. The molecule has 1 saturated heterocycles. The van der Waals surface area contributed by atoms with E-state index in [1.807, 2.05) is 12.1 Å². The lowest BCUT2D eigenvalue weighted by Crippen LogP contribution is -2.51. The van der Waals surface area contributed by atoms with E-state index >= 15 is 0 Å². The summed E-state index contributed by atoms with van der Waals surface area (Å²) in [5.74, 6) is 1.10. The van der Waals surface area contributed by atoms with Gasteiger partial charge in [0.25, 0.3) is 0 Å². The quantitative estimate of drug-likeness (QED) is 0.684. The highest BCUT2D eigenvalue weighted by Gasteiger charge is 2.18. The van der Waals surface area contributed by atoms with E-state index in [0.717, 1.165) is 44.8 Å². The van der Waals surface area contributed by atoms with Crippen molar-refractivity contribution in [2.45, 2.75) is 20.3 Å². The molecule has 0 atom stereocenters. The molecule has 0 bridgehead atoms. The van der Waals surface area contributed by atoms with Crippen LogP contribution in [0.4, 0.5) is 10.1 Å². The number of rotatable bonds is 4. The number of benzene rings is 1. The third-order valence-corrected chi connectivity index (χ3v) is 3.78. The molecule has 0 saturated carbocycles. The molecule has 21 heavy (non-hydrogen) atoms. The van der Waals surface area contributed by atoms with E-state index in [1.54, 1.807) is 0 Å². The number of guanidine groups is 1. The Morgan fingerprint density at radius 2 is 1.81 bits per heavy atom. The van der Waals surface area contributed by atoms with Gasteiger partial charge in [-0.1, -0.05) is 13.8 Å². The Labute approximate surface area is 126 Å². The van der Waals surface area contributed by atoms with Crippen molar-refractivity contribution in [3.63, 3.8) is 0 Å². The topological polar surface area (TPSA) is 44.9 Å². The fourth-order valence-corrected chi connectivity index (χ4v) is 2.38. The van der Waals surface area contributed by atoms with Crippen LogP contribution in [-0.4, -0.2) is 43.6 Å². The SMILES string of the molecule is CC(C)CCN=C(N)N1CCN(c2ccc(F)cc2)CC1. The first-order chi connectivity index (χ1) is 10.1. The molecule has 0 unspecified atom stereocenters. The molecule has 1 aromatic rings. The van der Waals surface area contributed by atoms with Gasteiger partial charge in [-0.15, -0.1) is 0 Å². The summed E-state index contributed by atoms with van der Waals surface area (Å²) in [5, 5.41) is 0. The molecule has 4 nitrogen and oxygen atoms in total. The lowest BCUT2D eigenvalue weighted by Gasteiger charge is -2.36. The molecule has 116 valence electrons. The van der Waals surface area contributed by atoms with Crippen LogP contribution in [0.15, 0.2) is 29.3 Å². The van der Waals surface area contributed by atoms with Gasteiger partial charge >= 0.3 is 0 Å². The molecule has 1 aliphatic rings. The van der Waals surface area contributed by atoms with E-state index in [0.29, 0.717) is 11.9 Å². The van der Waals surface area contributed by atoms with Gasteiger partial charge in [0.1, 0.15) is 5.82 Å². The highest BCUT2D eigenvalue weighted by molar-refractivity contribution is 5.78. The van der Waals surface area contributed by atoms with Gasteiger partial charge in [0.15, 0.2) is 5.96 Å². The van der Waals surface area contributed by atoms with Gasteiger partial charge in [0.05, 0.1) is 0 Å². The molecule has 5 heteroatoms. The molecule has 1 heterocycles. The summed E-state index contributed by atoms with van der Waals surface area (Å²) in [4.78, 5) is 8.82. The first kappa shape index (κ1) is 15.6. The number of aliphatic imine (C=N–C) groups is 1. The largest absolute Gasteiger partial charge is 0.370 e. The van der Waals surface area contributed by atoms with Crippen molar-refractivity contribution in [3.05, 3.63) is 30.1 Å². The van der Waals surface area contributed by atoms with Crippen molar-refractivity contribution < 1.29 is 4.39 Å². The number of hydrogen-bond donors (Lipinski definition) is 1. The predicted octanol–water partition coefficient (Wildman–Crippen LogP) is 2.31. The van der Waals surface area contributed by atoms with Gasteiger partial charge in [0, 0.05) is 38.4 Å². The van der Waals surface area contributed by atoms with Crippen molar-refractivity contribution in [2.24, 2.45) is 16.6 Å². The lowest BCUT2D eigenvalue weighted by atomic mass is 10.1. The van der Waals surface area contributed by atoms with Crippen LogP contribution in [0.3, 0.4) is 0 Å². The number of hydrogen-bond acceptors (Lipinski definition) is 2. The van der Waals surface area contributed by atoms with E-state index < -0.39 is 0 Å².